The Morgan fingerprint density at radius 1 is 1.43 bits per heavy atom. The minimum Gasteiger partial charge on any atom is -0.369 e. The summed E-state index contributed by atoms with van der Waals surface area (Å²) in [5.41, 5.74) is 2.01. The molecule has 0 spiro atoms. The highest BCUT2D eigenvalue weighted by Crippen LogP contribution is 2.19. The Morgan fingerprint density at radius 2 is 2.29 bits per heavy atom. The third kappa shape index (κ3) is 1.55. The lowest BCUT2D eigenvalue weighted by molar-refractivity contribution is 0.969. The number of aryl methyl sites for hydroxylation is 1. The lowest BCUT2D eigenvalue weighted by Crippen LogP contribution is -2.02. The van der Waals surface area contributed by atoms with Crippen molar-refractivity contribution in [1.82, 2.24) is 15.0 Å². The Kier molecular flexibility index (Phi) is 2.35. The molecule has 2 aromatic rings. The number of rotatable bonds is 3. The lowest BCUT2D eigenvalue weighted by Gasteiger charge is -2.03. The van der Waals surface area contributed by atoms with Gasteiger partial charge in [0.05, 0.1) is 5.39 Å². The summed E-state index contributed by atoms with van der Waals surface area (Å²) in [6.07, 6.45) is 2.67. The Hall–Kier alpha value is -1.58. The molecule has 0 aliphatic heterocycles. The van der Waals surface area contributed by atoms with Gasteiger partial charge in [0.25, 0.3) is 0 Å². The molecule has 0 saturated carbocycles. The fourth-order valence-electron chi connectivity index (χ4n) is 1.46. The van der Waals surface area contributed by atoms with Gasteiger partial charge in [0.15, 0.2) is 0 Å². The predicted molar refractivity (Wildman–Crippen MR) is 57.4 cm³/mol. The fraction of sp³-hybridized carbons (Fsp3) is 0.400. The van der Waals surface area contributed by atoms with Gasteiger partial charge in [0, 0.05) is 12.2 Å². The summed E-state index contributed by atoms with van der Waals surface area (Å²) in [6.45, 7) is 5.09. The molecule has 0 amide bonds. The molecule has 0 saturated heterocycles. The van der Waals surface area contributed by atoms with E-state index in [1.807, 2.05) is 6.92 Å². The zero-order valence-corrected chi connectivity index (χ0v) is 8.46. The van der Waals surface area contributed by atoms with E-state index in [0.717, 1.165) is 35.5 Å². The van der Waals surface area contributed by atoms with E-state index in [1.165, 1.54) is 0 Å². The molecule has 0 fully saturated rings. The van der Waals surface area contributed by atoms with E-state index in [1.54, 1.807) is 6.33 Å². The normalized spacial score (nSPS) is 10.7. The molecule has 0 aliphatic rings. The Labute approximate surface area is 82.8 Å². The van der Waals surface area contributed by atoms with Gasteiger partial charge in [-0.25, -0.2) is 9.97 Å². The number of hydrogen-bond donors (Lipinski definition) is 2. The Balaban J connectivity index is 2.42. The van der Waals surface area contributed by atoms with E-state index < -0.39 is 0 Å². The van der Waals surface area contributed by atoms with E-state index >= 15 is 0 Å². The van der Waals surface area contributed by atoms with Crippen molar-refractivity contribution in [2.45, 2.75) is 20.3 Å². The first-order chi connectivity index (χ1) is 6.81. The first-order valence-corrected chi connectivity index (χ1v) is 4.85. The van der Waals surface area contributed by atoms with Gasteiger partial charge in [-0.3, -0.25) is 0 Å². The number of hydrogen-bond acceptors (Lipinski definition) is 3. The summed E-state index contributed by atoms with van der Waals surface area (Å²) in [5.74, 6) is 0.918. The van der Waals surface area contributed by atoms with Gasteiger partial charge in [-0.15, -0.1) is 0 Å². The molecule has 4 heteroatoms. The first kappa shape index (κ1) is 8.99. The number of anilines is 1. The van der Waals surface area contributed by atoms with Crippen LogP contribution < -0.4 is 5.32 Å². The molecule has 0 radical (unpaired) electrons. The van der Waals surface area contributed by atoms with E-state index in [4.69, 9.17) is 0 Å². The maximum atomic E-state index is 4.22. The van der Waals surface area contributed by atoms with Crippen LogP contribution in [0.25, 0.3) is 11.0 Å². The average Bonchev–Trinajstić information content (AvgIpc) is 2.55. The van der Waals surface area contributed by atoms with Crippen molar-refractivity contribution in [2.24, 2.45) is 0 Å². The smallest absolute Gasteiger partial charge is 0.143 e. The van der Waals surface area contributed by atoms with E-state index in [-0.39, 0.29) is 0 Å². The van der Waals surface area contributed by atoms with Gasteiger partial charge in [-0.2, -0.15) is 0 Å². The van der Waals surface area contributed by atoms with Crippen LogP contribution in [-0.4, -0.2) is 21.5 Å². The monoisotopic (exact) mass is 190 g/mol. The molecule has 0 bridgehead atoms. The van der Waals surface area contributed by atoms with Crippen molar-refractivity contribution >= 4 is 16.9 Å². The van der Waals surface area contributed by atoms with Crippen molar-refractivity contribution in [3.63, 3.8) is 0 Å². The molecule has 0 aromatic carbocycles. The number of aromatic nitrogens is 3. The Morgan fingerprint density at radius 3 is 3.07 bits per heavy atom. The summed E-state index contributed by atoms with van der Waals surface area (Å²) >= 11 is 0. The second kappa shape index (κ2) is 3.65. The minimum absolute atomic E-state index is 0.899. The minimum atomic E-state index is 0.899. The summed E-state index contributed by atoms with van der Waals surface area (Å²) in [4.78, 5) is 11.6. The highest BCUT2D eigenvalue weighted by molar-refractivity contribution is 5.87. The third-order valence-corrected chi connectivity index (χ3v) is 2.10. The predicted octanol–water partition coefficient (Wildman–Crippen LogP) is 2.09. The molecule has 2 rings (SSSR count). The van der Waals surface area contributed by atoms with Crippen molar-refractivity contribution in [2.75, 3.05) is 11.9 Å². The first-order valence-electron chi connectivity index (χ1n) is 4.85. The van der Waals surface area contributed by atoms with Crippen LogP contribution in [0, 0.1) is 6.92 Å². The largest absolute Gasteiger partial charge is 0.369 e. The summed E-state index contributed by atoms with van der Waals surface area (Å²) in [7, 11) is 0. The number of nitrogens with zero attached hydrogens (tertiary/aromatic N) is 2. The number of H-pyrrole nitrogens is 1. The average molecular weight is 190 g/mol. The van der Waals surface area contributed by atoms with Crippen molar-refractivity contribution in [1.29, 1.82) is 0 Å². The van der Waals surface area contributed by atoms with Crippen LogP contribution in [0.5, 0.6) is 0 Å². The molecular formula is C10H14N4. The quantitative estimate of drug-likeness (QED) is 0.779. The Bertz CT molecular complexity index is 433. The summed E-state index contributed by atoms with van der Waals surface area (Å²) < 4.78 is 0. The number of nitrogens with one attached hydrogen (secondary N) is 2. The van der Waals surface area contributed by atoms with Crippen molar-refractivity contribution < 1.29 is 0 Å². The summed E-state index contributed by atoms with van der Waals surface area (Å²) in [5, 5.41) is 4.35. The van der Waals surface area contributed by atoms with Crippen LogP contribution in [0.1, 0.15) is 19.0 Å². The lowest BCUT2D eigenvalue weighted by atomic mass is 10.3. The van der Waals surface area contributed by atoms with Crippen molar-refractivity contribution in [3.8, 4) is 0 Å². The third-order valence-electron chi connectivity index (χ3n) is 2.10. The van der Waals surface area contributed by atoms with Gasteiger partial charge in [0.1, 0.15) is 17.8 Å². The van der Waals surface area contributed by atoms with Gasteiger partial charge in [-0.1, -0.05) is 6.92 Å². The number of fused-ring (bicyclic) bond motifs is 1. The highest BCUT2D eigenvalue weighted by Gasteiger charge is 2.04. The van der Waals surface area contributed by atoms with Gasteiger partial charge in [0.2, 0.25) is 0 Å². The molecular weight excluding hydrogens is 176 g/mol. The van der Waals surface area contributed by atoms with E-state index in [0.29, 0.717) is 0 Å². The van der Waals surface area contributed by atoms with Gasteiger partial charge >= 0.3 is 0 Å². The maximum Gasteiger partial charge on any atom is 0.143 e. The number of aromatic amines is 1. The van der Waals surface area contributed by atoms with Crippen LogP contribution in [0.15, 0.2) is 12.4 Å². The standard InChI is InChI=1S/C10H14N4/c1-3-4-11-9-8-5-7(2)14-10(8)13-6-12-9/h5-6H,3-4H2,1-2H3,(H2,11,12,13,14). The molecule has 0 aliphatic carbocycles. The SMILES string of the molecule is CCCNc1ncnc2[nH]c(C)cc12. The zero-order chi connectivity index (χ0) is 9.97. The second-order valence-electron chi connectivity index (χ2n) is 3.36. The molecule has 4 nitrogen and oxygen atoms in total. The van der Waals surface area contributed by atoms with Crippen LogP contribution >= 0.6 is 0 Å². The molecule has 14 heavy (non-hydrogen) atoms. The molecule has 74 valence electrons. The van der Waals surface area contributed by atoms with Crippen LogP contribution in [-0.2, 0) is 0 Å². The second-order valence-corrected chi connectivity index (χ2v) is 3.36. The highest BCUT2D eigenvalue weighted by atomic mass is 15.0. The summed E-state index contributed by atoms with van der Waals surface area (Å²) in [6, 6.07) is 2.06. The maximum absolute atomic E-state index is 4.22. The van der Waals surface area contributed by atoms with E-state index in [9.17, 15) is 0 Å². The van der Waals surface area contributed by atoms with Gasteiger partial charge < -0.3 is 10.3 Å². The van der Waals surface area contributed by atoms with Crippen LogP contribution in [0.2, 0.25) is 0 Å². The topological polar surface area (TPSA) is 53.6 Å². The molecule has 2 N–H and O–H groups in total. The molecule has 0 unspecified atom stereocenters. The molecule has 0 atom stereocenters. The van der Waals surface area contributed by atoms with E-state index in [2.05, 4.69) is 33.3 Å². The molecule has 2 aromatic heterocycles. The molecule has 2 heterocycles. The van der Waals surface area contributed by atoms with Crippen molar-refractivity contribution in [3.05, 3.63) is 18.1 Å². The van der Waals surface area contributed by atoms with Gasteiger partial charge in [-0.05, 0) is 19.4 Å². The zero-order valence-electron chi connectivity index (χ0n) is 8.46. The fourth-order valence-corrected chi connectivity index (χ4v) is 1.46. The van der Waals surface area contributed by atoms with Crippen LogP contribution in [0.4, 0.5) is 5.82 Å². The van der Waals surface area contributed by atoms with Crippen LogP contribution in [0.3, 0.4) is 0 Å².